The molecule has 1 N–H and O–H groups in total. The van der Waals surface area contributed by atoms with Crippen LogP contribution in [0.5, 0.6) is 0 Å². The number of hydrogen-bond acceptors (Lipinski definition) is 2. The fourth-order valence-corrected chi connectivity index (χ4v) is 2.04. The van der Waals surface area contributed by atoms with Gasteiger partial charge in [0.25, 0.3) is 0 Å². The molecule has 0 amide bonds. The second kappa shape index (κ2) is 7.36. The highest BCUT2D eigenvalue weighted by Crippen LogP contribution is 2.20. The summed E-state index contributed by atoms with van der Waals surface area (Å²) in [6, 6.07) is 0.971. The van der Waals surface area contributed by atoms with Crippen molar-refractivity contribution in [3.05, 3.63) is 12.4 Å². The van der Waals surface area contributed by atoms with E-state index in [1.165, 1.54) is 32.1 Å². The summed E-state index contributed by atoms with van der Waals surface area (Å²) in [4.78, 5) is 4.37. The molecule has 0 bridgehead atoms. The minimum Gasteiger partial charge on any atom is -0.353 e. The maximum absolute atomic E-state index is 4.37. The molecule has 1 aromatic rings. The molecule has 1 aromatic heterocycles. The van der Waals surface area contributed by atoms with Crippen molar-refractivity contribution in [2.45, 2.75) is 71.9 Å². The smallest absolute Gasteiger partial charge is 0.203 e. The normalized spacial score (nSPS) is 13.0. The number of rotatable bonds is 8. The number of hydrogen-bond donors (Lipinski definition) is 1. The molecule has 3 nitrogen and oxygen atoms in total. The Morgan fingerprint density at radius 1 is 1.24 bits per heavy atom. The van der Waals surface area contributed by atoms with Crippen LogP contribution in [-0.4, -0.2) is 15.6 Å². The van der Waals surface area contributed by atoms with Gasteiger partial charge in [-0.2, -0.15) is 0 Å². The third-order valence-corrected chi connectivity index (χ3v) is 3.04. The summed E-state index contributed by atoms with van der Waals surface area (Å²) in [5.74, 6) is 1.00. The van der Waals surface area contributed by atoms with Crippen LogP contribution in [0.15, 0.2) is 12.4 Å². The summed E-state index contributed by atoms with van der Waals surface area (Å²) in [5, 5.41) is 3.39. The van der Waals surface area contributed by atoms with E-state index < -0.39 is 0 Å². The summed E-state index contributed by atoms with van der Waals surface area (Å²) in [6.07, 6.45) is 10.5. The van der Waals surface area contributed by atoms with Crippen LogP contribution < -0.4 is 5.32 Å². The molecule has 0 aliphatic carbocycles. The van der Waals surface area contributed by atoms with Gasteiger partial charge in [-0.3, -0.25) is 0 Å². The molecule has 0 aliphatic heterocycles. The summed E-state index contributed by atoms with van der Waals surface area (Å²) in [6.45, 7) is 8.82. The first kappa shape index (κ1) is 14.1. The van der Waals surface area contributed by atoms with E-state index in [9.17, 15) is 0 Å². The molecule has 0 radical (unpaired) electrons. The zero-order valence-electron chi connectivity index (χ0n) is 11.7. The first-order chi connectivity index (χ1) is 8.15. The first-order valence-electron chi connectivity index (χ1n) is 6.94. The molecule has 0 fully saturated rings. The van der Waals surface area contributed by atoms with Crippen LogP contribution in [0.3, 0.4) is 0 Å². The fourth-order valence-electron chi connectivity index (χ4n) is 2.04. The lowest BCUT2D eigenvalue weighted by Crippen LogP contribution is -2.16. The number of unbranched alkanes of at least 4 members (excludes halogenated alkanes) is 3. The third kappa shape index (κ3) is 4.80. The average Bonchev–Trinajstić information content (AvgIpc) is 2.71. The first-order valence-corrected chi connectivity index (χ1v) is 6.94. The summed E-state index contributed by atoms with van der Waals surface area (Å²) in [5.41, 5.74) is 0. The lowest BCUT2D eigenvalue weighted by Gasteiger charge is -2.18. The van der Waals surface area contributed by atoms with Gasteiger partial charge in [-0.05, 0) is 27.2 Å². The Morgan fingerprint density at radius 2 is 2.00 bits per heavy atom. The van der Waals surface area contributed by atoms with E-state index in [0.29, 0.717) is 12.1 Å². The Morgan fingerprint density at radius 3 is 2.65 bits per heavy atom. The Kier molecular flexibility index (Phi) is 6.09. The van der Waals surface area contributed by atoms with E-state index in [1.807, 2.05) is 6.20 Å². The van der Waals surface area contributed by atoms with Gasteiger partial charge in [-0.1, -0.05) is 32.6 Å². The third-order valence-electron chi connectivity index (χ3n) is 3.04. The van der Waals surface area contributed by atoms with Crippen LogP contribution in [0.1, 0.15) is 65.8 Å². The van der Waals surface area contributed by atoms with Crippen LogP contribution in [0.2, 0.25) is 0 Å². The molecule has 3 heteroatoms. The van der Waals surface area contributed by atoms with E-state index in [2.05, 4.69) is 48.8 Å². The predicted molar refractivity (Wildman–Crippen MR) is 74.5 cm³/mol. The van der Waals surface area contributed by atoms with Crippen LogP contribution >= 0.6 is 0 Å². The minimum absolute atomic E-state index is 0.434. The molecule has 1 atom stereocenters. The quantitative estimate of drug-likeness (QED) is 0.685. The SMILES string of the molecule is CCCCCCC(C)n1ccnc1NC(C)C. The minimum atomic E-state index is 0.434. The average molecular weight is 237 g/mol. The highest BCUT2D eigenvalue weighted by molar-refractivity contribution is 5.27. The molecule has 0 saturated carbocycles. The molecule has 1 unspecified atom stereocenters. The molecule has 1 rings (SSSR count). The van der Waals surface area contributed by atoms with E-state index in [4.69, 9.17) is 0 Å². The van der Waals surface area contributed by atoms with E-state index in [1.54, 1.807) is 0 Å². The van der Waals surface area contributed by atoms with Gasteiger partial charge in [0.15, 0.2) is 0 Å². The molecule has 1 heterocycles. The Labute approximate surface area is 106 Å². The van der Waals surface area contributed by atoms with Crippen molar-refractivity contribution in [2.75, 3.05) is 5.32 Å². The fraction of sp³-hybridized carbons (Fsp3) is 0.786. The Bertz CT molecular complexity index is 304. The van der Waals surface area contributed by atoms with Crippen molar-refractivity contribution in [2.24, 2.45) is 0 Å². The Balaban J connectivity index is 2.44. The van der Waals surface area contributed by atoms with Gasteiger partial charge >= 0.3 is 0 Å². The second-order valence-corrected chi connectivity index (χ2v) is 5.16. The molecule has 98 valence electrons. The van der Waals surface area contributed by atoms with Gasteiger partial charge in [-0.25, -0.2) is 4.98 Å². The lowest BCUT2D eigenvalue weighted by atomic mass is 10.1. The summed E-state index contributed by atoms with van der Waals surface area (Å²) >= 11 is 0. The van der Waals surface area contributed by atoms with Crippen LogP contribution in [0.25, 0.3) is 0 Å². The van der Waals surface area contributed by atoms with Crippen molar-refractivity contribution < 1.29 is 0 Å². The number of nitrogens with one attached hydrogen (secondary N) is 1. The molecule has 0 saturated heterocycles. The van der Waals surface area contributed by atoms with E-state index in [-0.39, 0.29) is 0 Å². The van der Waals surface area contributed by atoms with Gasteiger partial charge in [0.2, 0.25) is 5.95 Å². The topological polar surface area (TPSA) is 29.9 Å². The zero-order chi connectivity index (χ0) is 12.7. The molecule has 0 aliphatic rings. The molecule has 17 heavy (non-hydrogen) atoms. The number of imidazole rings is 1. The maximum Gasteiger partial charge on any atom is 0.203 e. The van der Waals surface area contributed by atoms with Gasteiger partial charge in [0, 0.05) is 24.5 Å². The van der Waals surface area contributed by atoms with Gasteiger partial charge < -0.3 is 9.88 Å². The standard InChI is InChI=1S/C14H27N3/c1-5-6-7-8-9-13(4)17-11-10-15-14(17)16-12(2)3/h10-13H,5-9H2,1-4H3,(H,15,16). The van der Waals surface area contributed by atoms with Crippen molar-refractivity contribution in [3.63, 3.8) is 0 Å². The number of anilines is 1. The predicted octanol–water partition coefficient (Wildman–Crippen LogP) is 4.23. The zero-order valence-corrected chi connectivity index (χ0v) is 11.7. The second-order valence-electron chi connectivity index (χ2n) is 5.16. The highest BCUT2D eigenvalue weighted by Gasteiger charge is 2.10. The van der Waals surface area contributed by atoms with Crippen LogP contribution in [0.4, 0.5) is 5.95 Å². The van der Waals surface area contributed by atoms with Gasteiger partial charge in [-0.15, -0.1) is 0 Å². The highest BCUT2D eigenvalue weighted by atomic mass is 15.2. The Hall–Kier alpha value is -0.990. The van der Waals surface area contributed by atoms with Crippen molar-refractivity contribution >= 4 is 5.95 Å². The lowest BCUT2D eigenvalue weighted by molar-refractivity contribution is 0.475. The van der Waals surface area contributed by atoms with E-state index in [0.717, 1.165) is 5.95 Å². The van der Waals surface area contributed by atoms with Crippen molar-refractivity contribution in [1.82, 2.24) is 9.55 Å². The monoisotopic (exact) mass is 237 g/mol. The van der Waals surface area contributed by atoms with Crippen LogP contribution in [-0.2, 0) is 0 Å². The number of nitrogens with zero attached hydrogens (tertiary/aromatic N) is 2. The summed E-state index contributed by atoms with van der Waals surface area (Å²) in [7, 11) is 0. The molecule has 0 aromatic carbocycles. The molecular weight excluding hydrogens is 210 g/mol. The maximum atomic E-state index is 4.37. The van der Waals surface area contributed by atoms with Crippen molar-refractivity contribution in [1.29, 1.82) is 0 Å². The largest absolute Gasteiger partial charge is 0.353 e. The molecule has 0 spiro atoms. The van der Waals surface area contributed by atoms with Crippen molar-refractivity contribution in [3.8, 4) is 0 Å². The number of aromatic nitrogens is 2. The van der Waals surface area contributed by atoms with Crippen LogP contribution in [0, 0.1) is 0 Å². The molecular formula is C14H27N3. The summed E-state index contributed by atoms with van der Waals surface area (Å²) < 4.78 is 2.26. The van der Waals surface area contributed by atoms with E-state index >= 15 is 0 Å². The van der Waals surface area contributed by atoms with Gasteiger partial charge in [0.05, 0.1) is 0 Å². The van der Waals surface area contributed by atoms with Gasteiger partial charge in [0.1, 0.15) is 0 Å².